The van der Waals surface area contributed by atoms with E-state index in [1.807, 2.05) is 24.3 Å². The second-order valence-corrected chi connectivity index (χ2v) is 7.55. The van der Waals surface area contributed by atoms with Gasteiger partial charge in [-0.1, -0.05) is 32.9 Å². The number of carbonyl (C=O) groups excluding carboxylic acids is 2. The lowest BCUT2D eigenvalue weighted by Gasteiger charge is -2.20. The van der Waals surface area contributed by atoms with Gasteiger partial charge in [0.05, 0.1) is 14.2 Å². The van der Waals surface area contributed by atoms with Gasteiger partial charge in [-0.15, -0.1) is 0 Å². The zero-order chi connectivity index (χ0) is 21.6. The Morgan fingerprint density at radius 2 is 1.52 bits per heavy atom. The zero-order valence-corrected chi connectivity index (χ0v) is 17.7. The van der Waals surface area contributed by atoms with Crippen LogP contribution < -0.4 is 25.1 Å². The first-order valence-electron chi connectivity index (χ1n) is 9.25. The molecule has 0 aliphatic carbocycles. The molecule has 0 fully saturated rings. The van der Waals surface area contributed by atoms with Crippen molar-refractivity contribution in [3.8, 4) is 17.2 Å². The average molecular weight is 400 g/mol. The summed E-state index contributed by atoms with van der Waals surface area (Å²) < 4.78 is 16.0. The maximum absolute atomic E-state index is 12.3. The number of carbonyl (C=O) groups is 2. The van der Waals surface area contributed by atoms with Crippen molar-refractivity contribution in [3.05, 3.63) is 53.6 Å². The molecule has 0 aromatic heterocycles. The molecule has 0 saturated carbocycles. The van der Waals surface area contributed by atoms with Gasteiger partial charge in [0, 0.05) is 5.56 Å². The highest BCUT2D eigenvalue weighted by Gasteiger charge is 2.18. The number of amides is 2. The van der Waals surface area contributed by atoms with Gasteiger partial charge < -0.3 is 14.2 Å². The summed E-state index contributed by atoms with van der Waals surface area (Å²) in [5.41, 5.74) is 6.26. The third kappa shape index (κ3) is 5.88. The molecule has 1 atom stereocenters. The van der Waals surface area contributed by atoms with Gasteiger partial charge >= 0.3 is 0 Å². The lowest BCUT2D eigenvalue weighted by atomic mass is 9.87. The summed E-state index contributed by atoms with van der Waals surface area (Å²) in [6.45, 7) is 7.98. The second kappa shape index (κ2) is 9.32. The molecule has 156 valence electrons. The summed E-state index contributed by atoms with van der Waals surface area (Å²) in [5.74, 6) is 0.543. The van der Waals surface area contributed by atoms with Crippen molar-refractivity contribution in [2.24, 2.45) is 0 Å². The molecule has 0 heterocycles. The molecule has 0 aliphatic rings. The van der Waals surface area contributed by atoms with E-state index in [1.54, 1.807) is 19.1 Å². The van der Waals surface area contributed by atoms with Gasteiger partial charge in [-0.2, -0.15) is 0 Å². The number of rotatable bonds is 6. The Balaban J connectivity index is 1.92. The van der Waals surface area contributed by atoms with Crippen LogP contribution in [0.5, 0.6) is 17.2 Å². The summed E-state index contributed by atoms with van der Waals surface area (Å²) in [6.07, 6.45) is -0.791. The standard InChI is InChI=1S/C22H28N2O5/c1-14(29-17-10-8-16(9-11-17)22(2,3)4)20(25)23-24-21(26)15-7-12-18(27-5)19(13-15)28-6/h7-14H,1-6H3,(H,23,25)(H,24,26). The highest BCUT2D eigenvalue weighted by atomic mass is 16.5. The second-order valence-electron chi connectivity index (χ2n) is 7.55. The van der Waals surface area contributed by atoms with Gasteiger partial charge in [0.15, 0.2) is 17.6 Å². The fraction of sp³-hybridized carbons (Fsp3) is 0.364. The summed E-state index contributed by atoms with van der Waals surface area (Å²) in [6, 6.07) is 12.3. The average Bonchev–Trinajstić information content (AvgIpc) is 2.70. The Kier molecular flexibility index (Phi) is 7.09. The van der Waals surface area contributed by atoms with Crippen molar-refractivity contribution >= 4 is 11.8 Å². The molecule has 1 unspecified atom stereocenters. The molecule has 0 spiro atoms. The van der Waals surface area contributed by atoms with Gasteiger partial charge in [-0.25, -0.2) is 0 Å². The molecule has 7 heteroatoms. The van der Waals surface area contributed by atoms with Crippen molar-refractivity contribution in [2.75, 3.05) is 14.2 Å². The summed E-state index contributed by atoms with van der Waals surface area (Å²) in [4.78, 5) is 24.5. The van der Waals surface area contributed by atoms with Crippen LogP contribution in [0.15, 0.2) is 42.5 Å². The third-order valence-electron chi connectivity index (χ3n) is 4.35. The van der Waals surface area contributed by atoms with E-state index < -0.39 is 17.9 Å². The number of ether oxygens (including phenoxy) is 3. The lowest BCUT2D eigenvalue weighted by molar-refractivity contribution is -0.128. The lowest BCUT2D eigenvalue weighted by Crippen LogP contribution is -2.47. The maximum atomic E-state index is 12.3. The highest BCUT2D eigenvalue weighted by molar-refractivity contribution is 5.96. The van der Waals surface area contributed by atoms with Crippen LogP contribution in [0, 0.1) is 0 Å². The van der Waals surface area contributed by atoms with E-state index in [0.29, 0.717) is 22.8 Å². The van der Waals surface area contributed by atoms with Crippen LogP contribution in [0.2, 0.25) is 0 Å². The van der Waals surface area contributed by atoms with E-state index in [4.69, 9.17) is 14.2 Å². The van der Waals surface area contributed by atoms with Crippen LogP contribution in [-0.2, 0) is 10.2 Å². The van der Waals surface area contributed by atoms with Crippen molar-refractivity contribution in [1.29, 1.82) is 0 Å². The van der Waals surface area contributed by atoms with Gasteiger partial charge in [0.25, 0.3) is 11.8 Å². The molecular weight excluding hydrogens is 372 g/mol. The van der Waals surface area contributed by atoms with Crippen LogP contribution in [0.1, 0.15) is 43.6 Å². The Morgan fingerprint density at radius 1 is 0.897 bits per heavy atom. The molecule has 29 heavy (non-hydrogen) atoms. The van der Waals surface area contributed by atoms with E-state index in [2.05, 4.69) is 31.6 Å². The van der Waals surface area contributed by atoms with Crippen molar-refractivity contribution < 1.29 is 23.8 Å². The molecule has 0 aliphatic heterocycles. The van der Waals surface area contributed by atoms with Gasteiger partial charge in [0.2, 0.25) is 0 Å². The molecule has 0 saturated heterocycles. The normalized spacial score (nSPS) is 11.9. The fourth-order valence-electron chi connectivity index (χ4n) is 2.56. The molecule has 2 amide bonds. The van der Waals surface area contributed by atoms with Crippen molar-refractivity contribution in [1.82, 2.24) is 10.9 Å². The Bertz CT molecular complexity index is 856. The number of hydrazine groups is 1. The topological polar surface area (TPSA) is 85.9 Å². The van der Waals surface area contributed by atoms with E-state index in [0.717, 1.165) is 0 Å². The first-order chi connectivity index (χ1) is 13.7. The minimum Gasteiger partial charge on any atom is -0.493 e. The van der Waals surface area contributed by atoms with Crippen LogP contribution in [0.3, 0.4) is 0 Å². The molecule has 2 aromatic rings. The van der Waals surface area contributed by atoms with E-state index in [9.17, 15) is 9.59 Å². The number of hydrogen-bond acceptors (Lipinski definition) is 5. The van der Waals surface area contributed by atoms with E-state index in [1.165, 1.54) is 25.8 Å². The van der Waals surface area contributed by atoms with E-state index in [-0.39, 0.29) is 5.41 Å². The summed E-state index contributed by atoms with van der Waals surface area (Å²) in [7, 11) is 2.99. The molecule has 2 rings (SSSR count). The van der Waals surface area contributed by atoms with Crippen LogP contribution in [-0.4, -0.2) is 32.1 Å². The first kappa shape index (κ1) is 22.1. The van der Waals surface area contributed by atoms with E-state index >= 15 is 0 Å². The number of benzene rings is 2. The summed E-state index contributed by atoms with van der Waals surface area (Å²) >= 11 is 0. The smallest absolute Gasteiger partial charge is 0.279 e. The largest absolute Gasteiger partial charge is 0.493 e. The summed E-state index contributed by atoms with van der Waals surface area (Å²) in [5, 5.41) is 0. The fourth-order valence-corrected chi connectivity index (χ4v) is 2.56. The zero-order valence-electron chi connectivity index (χ0n) is 17.7. The van der Waals surface area contributed by atoms with Gasteiger partial charge in [-0.3, -0.25) is 20.4 Å². The number of nitrogens with one attached hydrogen (secondary N) is 2. The minimum atomic E-state index is -0.791. The first-order valence-corrected chi connectivity index (χ1v) is 9.25. The van der Waals surface area contributed by atoms with Crippen molar-refractivity contribution in [3.63, 3.8) is 0 Å². The molecule has 7 nitrogen and oxygen atoms in total. The predicted octanol–water partition coefficient (Wildman–Crippen LogP) is 3.23. The van der Waals surface area contributed by atoms with Crippen LogP contribution in [0.25, 0.3) is 0 Å². The Labute approximate surface area is 171 Å². The number of hydrogen-bond donors (Lipinski definition) is 2. The van der Waals surface area contributed by atoms with Crippen LogP contribution >= 0.6 is 0 Å². The van der Waals surface area contributed by atoms with Gasteiger partial charge in [0.1, 0.15) is 5.75 Å². The predicted molar refractivity (Wildman–Crippen MR) is 110 cm³/mol. The molecule has 0 radical (unpaired) electrons. The molecule has 2 N–H and O–H groups in total. The number of methoxy groups -OCH3 is 2. The Morgan fingerprint density at radius 3 is 2.07 bits per heavy atom. The third-order valence-corrected chi connectivity index (χ3v) is 4.35. The highest BCUT2D eigenvalue weighted by Crippen LogP contribution is 2.27. The molecule has 2 aromatic carbocycles. The quantitative estimate of drug-likeness (QED) is 0.727. The van der Waals surface area contributed by atoms with Crippen molar-refractivity contribution in [2.45, 2.75) is 39.2 Å². The maximum Gasteiger partial charge on any atom is 0.279 e. The van der Waals surface area contributed by atoms with Gasteiger partial charge in [-0.05, 0) is 48.2 Å². The SMILES string of the molecule is COc1ccc(C(=O)NNC(=O)C(C)Oc2ccc(C(C)(C)C)cc2)cc1OC. The monoisotopic (exact) mass is 400 g/mol. The Hall–Kier alpha value is -3.22. The van der Waals surface area contributed by atoms with Crippen LogP contribution in [0.4, 0.5) is 0 Å². The minimum absolute atomic E-state index is 0.0376. The molecular formula is C22H28N2O5. The molecule has 0 bridgehead atoms.